The fourth-order valence-corrected chi connectivity index (χ4v) is 2.27. The van der Waals surface area contributed by atoms with E-state index >= 15 is 0 Å². The third-order valence-corrected chi connectivity index (χ3v) is 3.38. The second-order valence-corrected chi connectivity index (χ2v) is 7.19. The number of unbranched alkanes of at least 4 members (excludes halogenated alkanes) is 1. The molecule has 1 rings (SSSR count). The molecule has 148 valence electrons. The average Bonchev–Trinajstić information content (AvgIpc) is 2.48. The van der Waals surface area contributed by atoms with Crippen LogP contribution in [0.25, 0.3) is 0 Å². The molecule has 1 atom stereocenters. The molecular weight excluding hydrogens is 443 g/mol. The number of halogens is 1. The number of nitrogens with zero attached hydrogens (tertiary/aromatic N) is 1. The minimum Gasteiger partial charge on any atom is -0.444 e. The number of guanidine groups is 1. The van der Waals surface area contributed by atoms with Crippen molar-refractivity contribution in [2.75, 3.05) is 11.9 Å². The summed E-state index contributed by atoms with van der Waals surface area (Å²) in [7, 11) is 0. The van der Waals surface area contributed by atoms with E-state index in [0.717, 1.165) is 30.5 Å². The molecule has 26 heavy (non-hydrogen) atoms. The predicted octanol–water partition coefficient (Wildman–Crippen LogP) is 4.42. The fraction of sp³-hybridized carbons (Fsp3) is 0.579. The van der Waals surface area contributed by atoms with Gasteiger partial charge in [-0.05, 0) is 51.8 Å². The van der Waals surface area contributed by atoms with Gasteiger partial charge in [-0.15, -0.1) is 24.0 Å². The summed E-state index contributed by atoms with van der Waals surface area (Å²) in [5.41, 5.74) is 7.56. The lowest BCUT2D eigenvalue weighted by Crippen LogP contribution is -2.37. The van der Waals surface area contributed by atoms with Crippen molar-refractivity contribution < 1.29 is 9.53 Å². The highest BCUT2D eigenvalue weighted by atomic mass is 127. The van der Waals surface area contributed by atoms with Gasteiger partial charge in [0.1, 0.15) is 5.60 Å². The largest absolute Gasteiger partial charge is 0.444 e. The summed E-state index contributed by atoms with van der Waals surface area (Å²) in [6.07, 6.45) is 2.49. The van der Waals surface area contributed by atoms with E-state index in [4.69, 9.17) is 10.5 Å². The third-order valence-electron chi connectivity index (χ3n) is 3.38. The lowest BCUT2D eigenvalue weighted by molar-refractivity contribution is 0.0524. The van der Waals surface area contributed by atoms with E-state index in [9.17, 15) is 4.79 Å². The summed E-state index contributed by atoms with van der Waals surface area (Å²) in [6.45, 7) is 10.0. The minimum absolute atomic E-state index is 0. The van der Waals surface area contributed by atoms with Crippen molar-refractivity contribution in [2.45, 2.75) is 65.5 Å². The standard InChI is InChI=1S/C19H32N4O2.HI/c1-6-7-10-16(13-21-18(24)25-19(3,4)5)23-17(20)22-15-11-8-9-14(2)12-15;/h8-9,11-12,16H,6-7,10,13H2,1-5H3,(H,21,24)(H3,20,22,23);1H. The topological polar surface area (TPSA) is 88.7 Å². The van der Waals surface area contributed by atoms with Crippen LogP contribution in [0.15, 0.2) is 29.3 Å². The summed E-state index contributed by atoms with van der Waals surface area (Å²) < 4.78 is 5.26. The number of hydrogen-bond acceptors (Lipinski definition) is 3. The van der Waals surface area contributed by atoms with Crippen LogP contribution < -0.4 is 16.4 Å². The normalized spacial score (nSPS) is 12.7. The number of amides is 1. The van der Waals surface area contributed by atoms with E-state index in [1.165, 1.54) is 0 Å². The molecule has 1 aromatic carbocycles. The first kappa shape index (κ1) is 24.5. The number of nitrogens with two attached hydrogens (primary N) is 1. The first-order chi connectivity index (χ1) is 11.7. The highest BCUT2D eigenvalue weighted by Crippen LogP contribution is 2.10. The van der Waals surface area contributed by atoms with Crippen molar-refractivity contribution in [3.63, 3.8) is 0 Å². The Hall–Kier alpha value is -1.51. The van der Waals surface area contributed by atoms with Crippen molar-refractivity contribution in [3.05, 3.63) is 29.8 Å². The number of anilines is 1. The van der Waals surface area contributed by atoms with Crippen LogP contribution in [0.3, 0.4) is 0 Å². The molecule has 1 aromatic rings. The van der Waals surface area contributed by atoms with Gasteiger partial charge in [-0.25, -0.2) is 9.79 Å². The molecule has 0 saturated heterocycles. The Morgan fingerprint density at radius 3 is 2.62 bits per heavy atom. The van der Waals surface area contributed by atoms with Crippen LogP contribution in [0.4, 0.5) is 10.5 Å². The Kier molecular flexibility index (Phi) is 11.3. The average molecular weight is 476 g/mol. The number of carbonyl (C=O) groups excluding carboxylic acids is 1. The van der Waals surface area contributed by atoms with Crippen LogP contribution in [0.1, 0.15) is 52.5 Å². The quantitative estimate of drug-likeness (QED) is 0.309. The Morgan fingerprint density at radius 1 is 1.35 bits per heavy atom. The van der Waals surface area contributed by atoms with Crippen molar-refractivity contribution >= 4 is 41.7 Å². The number of rotatable bonds is 7. The third kappa shape index (κ3) is 11.2. The fourth-order valence-electron chi connectivity index (χ4n) is 2.27. The van der Waals surface area contributed by atoms with E-state index in [2.05, 4.69) is 22.5 Å². The summed E-state index contributed by atoms with van der Waals surface area (Å²) in [6, 6.07) is 7.83. The number of carbonyl (C=O) groups is 1. The monoisotopic (exact) mass is 476 g/mol. The molecule has 0 bridgehead atoms. The molecule has 0 aliphatic carbocycles. The van der Waals surface area contributed by atoms with E-state index in [-0.39, 0.29) is 30.0 Å². The molecule has 0 aliphatic heterocycles. The van der Waals surface area contributed by atoms with Gasteiger partial charge in [-0.2, -0.15) is 0 Å². The molecule has 0 saturated carbocycles. The molecule has 0 heterocycles. The zero-order valence-corrected chi connectivity index (χ0v) is 18.8. The summed E-state index contributed by atoms with van der Waals surface area (Å²) in [5.74, 6) is 0.345. The van der Waals surface area contributed by atoms with E-state index in [1.807, 2.05) is 52.0 Å². The first-order valence-corrected chi connectivity index (χ1v) is 8.83. The van der Waals surface area contributed by atoms with Crippen LogP contribution in [0.2, 0.25) is 0 Å². The number of aliphatic imine (C=N–C) groups is 1. The van der Waals surface area contributed by atoms with Gasteiger partial charge in [-0.3, -0.25) is 0 Å². The second kappa shape index (κ2) is 12.0. The lowest BCUT2D eigenvalue weighted by Gasteiger charge is -2.21. The SMILES string of the molecule is CCCCC(CNC(=O)OC(C)(C)C)N=C(N)Nc1cccc(C)c1.I. The van der Waals surface area contributed by atoms with Crippen LogP contribution in [0.5, 0.6) is 0 Å². The molecule has 0 fully saturated rings. The summed E-state index contributed by atoms with van der Waals surface area (Å²) >= 11 is 0. The van der Waals surface area contributed by atoms with Gasteiger partial charge in [-0.1, -0.05) is 31.9 Å². The van der Waals surface area contributed by atoms with Gasteiger partial charge in [0.05, 0.1) is 6.04 Å². The maximum Gasteiger partial charge on any atom is 0.407 e. The van der Waals surface area contributed by atoms with Crippen molar-refractivity contribution in [3.8, 4) is 0 Å². The van der Waals surface area contributed by atoms with Gasteiger partial charge in [0.25, 0.3) is 0 Å². The van der Waals surface area contributed by atoms with E-state index in [0.29, 0.717) is 12.5 Å². The van der Waals surface area contributed by atoms with Crippen LogP contribution >= 0.6 is 24.0 Å². The number of hydrogen-bond donors (Lipinski definition) is 3. The molecule has 0 aromatic heterocycles. The number of alkyl carbamates (subject to hydrolysis) is 1. The van der Waals surface area contributed by atoms with E-state index < -0.39 is 11.7 Å². The Bertz CT molecular complexity index is 585. The number of nitrogens with one attached hydrogen (secondary N) is 2. The molecular formula is C19H33IN4O2. The highest BCUT2D eigenvalue weighted by Gasteiger charge is 2.17. The molecule has 0 aliphatic rings. The van der Waals surface area contributed by atoms with Crippen LogP contribution in [-0.4, -0.2) is 30.2 Å². The van der Waals surface area contributed by atoms with Crippen LogP contribution in [0, 0.1) is 6.92 Å². The van der Waals surface area contributed by atoms with Crippen molar-refractivity contribution in [1.82, 2.24) is 5.32 Å². The predicted molar refractivity (Wildman–Crippen MR) is 119 cm³/mol. The van der Waals surface area contributed by atoms with Gasteiger partial charge in [0.15, 0.2) is 5.96 Å². The molecule has 4 N–H and O–H groups in total. The number of ether oxygens (including phenoxy) is 1. The lowest BCUT2D eigenvalue weighted by atomic mass is 10.1. The second-order valence-electron chi connectivity index (χ2n) is 7.19. The molecule has 7 heteroatoms. The Labute approximate surface area is 174 Å². The van der Waals surface area contributed by atoms with Gasteiger partial charge in [0, 0.05) is 12.2 Å². The number of aryl methyl sites for hydroxylation is 1. The summed E-state index contributed by atoms with van der Waals surface area (Å²) in [5, 5.41) is 5.87. The Balaban J connectivity index is 0.00000625. The molecule has 0 radical (unpaired) electrons. The number of benzene rings is 1. The molecule has 0 spiro atoms. The van der Waals surface area contributed by atoms with Crippen molar-refractivity contribution in [1.29, 1.82) is 0 Å². The maximum atomic E-state index is 11.8. The highest BCUT2D eigenvalue weighted by molar-refractivity contribution is 14.0. The van der Waals surface area contributed by atoms with Crippen LogP contribution in [-0.2, 0) is 4.74 Å². The Morgan fingerprint density at radius 2 is 2.04 bits per heavy atom. The molecule has 1 unspecified atom stereocenters. The minimum atomic E-state index is -0.516. The maximum absolute atomic E-state index is 11.8. The molecule has 1 amide bonds. The van der Waals surface area contributed by atoms with Crippen molar-refractivity contribution in [2.24, 2.45) is 10.7 Å². The molecule has 6 nitrogen and oxygen atoms in total. The zero-order chi connectivity index (χ0) is 18.9. The van der Waals surface area contributed by atoms with E-state index in [1.54, 1.807) is 0 Å². The summed E-state index contributed by atoms with van der Waals surface area (Å²) in [4.78, 5) is 16.3. The zero-order valence-electron chi connectivity index (χ0n) is 16.5. The smallest absolute Gasteiger partial charge is 0.407 e. The first-order valence-electron chi connectivity index (χ1n) is 8.83. The van der Waals surface area contributed by atoms with Gasteiger partial charge < -0.3 is 21.1 Å². The van der Waals surface area contributed by atoms with Gasteiger partial charge in [0.2, 0.25) is 0 Å². The van der Waals surface area contributed by atoms with Gasteiger partial charge >= 0.3 is 6.09 Å².